The third-order valence-electron chi connectivity index (χ3n) is 8.40. The Labute approximate surface area is 220 Å². The quantitative estimate of drug-likeness (QED) is 0.466. The lowest BCUT2D eigenvalue weighted by Crippen LogP contribution is -2.51. The lowest BCUT2D eigenvalue weighted by molar-refractivity contribution is -0.134. The minimum absolute atomic E-state index is 0.153. The van der Waals surface area contributed by atoms with Gasteiger partial charge in [-0.25, -0.2) is 0 Å². The van der Waals surface area contributed by atoms with E-state index in [0.29, 0.717) is 30.2 Å². The van der Waals surface area contributed by atoms with E-state index in [2.05, 4.69) is 20.5 Å². The number of hydrogen-bond acceptors (Lipinski definition) is 4. The van der Waals surface area contributed by atoms with Crippen LogP contribution in [0.25, 0.3) is 15.7 Å². The van der Waals surface area contributed by atoms with E-state index < -0.39 is 17.6 Å². The maximum atomic E-state index is 14.0. The fraction of sp³-hybridized carbons (Fsp3) is 0.379. The van der Waals surface area contributed by atoms with E-state index in [-0.39, 0.29) is 24.3 Å². The molecule has 9 nitrogen and oxygen atoms in total. The predicted molar refractivity (Wildman–Crippen MR) is 143 cm³/mol. The highest BCUT2D eigenvalue weighted by atomic mass is 16.5. The molecule has 9 heteroatoms. The maximum Gasteiger partial charge on any atom is 0.350 e. The van der Waals surface area contributed by atoms with Gasteiger partial charge in [0, 0.05) is 23.1 Å². The van der Waals surface area contributed by atoms with Crippen molar-refractivity contribution in [3.63, 3.8) is 0 Å². The Morgan fingerprint density at radius 1 is 1.24 bits per heavy atom. The van der Waals surface area contributed by atoms with Gasteiger partial charge in [0.25, 0.3) is 18.4 Å². The van der Waals surface area contributed by atoms with E-state index in [4.69, 9.17) is 11.3 Å². The molecule has 2 fully saturated rings. The zero-order valence-electron chi connectivity index (χ0n) is 21.2. The molecule has 0 radical (unpaired) electrons. The number of nitrogens with zero attached hydrogens (tertiary/aromatic N) is 2. The van der Waals surface area contributed by atoms with Crippen LogP contribution in [0, 0.1) is 12.5 Å². The molecule has 0 bridgehead atoms. The van der Waals surface area contributed by atoms with Gasteiger partial charge >= 0.3 is 6.17 Å². The van der Waals surface area contributed by atoms with Crippen LogP contribution in [0.4, 0.5) is 5.69 Å². The first-order valence-corrected chi connectivity index (χ1v) is 13.0. The number of hydrogen-bond donors (Lipinski definition) is 3. The number of methoxy groups -OCH3 is 1. The van der Waals surface area contributed by atoms with Gasteiger partial charge in [-0.15, -0.1) is 0 Å². The fourth-order valence-electron chi connectivity index (χ4n) is 6.12. The van der Waals surface area contributed by atoms with E-state index in [1.165, 1.54) is 0 Å². The van der Waals surface area contributed by atoms with Crippen molar-refractivity contribution in [2.75, 3.05) is 19.0 Å². The number of carbonyl (C=O) groups excluding carboxylic acids is 3. The number of carbonyl (C=O) groups is 3. The second kappa shape index (κ2) is 9.21. The number of para-hydroxylation sites is 1. The molecule has 2 aromatic carbocycles. The maximum absolute atomic E-state index is 14.0. The van der Waals surface area contributed by atoms with Crippen LogP contribution in [0.1, 0.15) is 48.2 Å². The van der Waals surface area contributed by atoms with Crippen LogP contribution in [-0.4, -0.2) is 53.5 Å². The normalized spacial score (nSPS) is 23.0. The molecule has 1 aliphatic carbocycles. The Morgan fingerprint density at radius 3 is 2.79 bits per heavy atom. The Kier molecular flexibility index (Phi) is 5.83. The zero-order valence-corrected chi connectivity index (χ0v) is 21.2. The van der Waals surface area contributed by atoms with Crippen LogP contribution >= 0.6 is 0 Å². The minimum atomic E-state index is -0.918. The van der Waals surface area contributed by atoms with Crippen molar-refractivity contribution in [1.82, 2.24) is 15.2 Å². The van der Waals surface area contributed by atoms with Crippen molar-refractivity contribution in [1.29, 1.82) is 0 Å². The second-order valence-corrected chi connectivity index (χ2v) is 10.5. The van der Waals surface area contributed by atoms with Gasteiger partial charge in [-0.05, 0) is 42.2 Å². The van der Waals surface area contributed by atoms with Gasteiger partial charge in [0.15, 0.2) is 0 Å². The molecule has 3 heterocycles. The molecule has 194 valence electrons. The Morgan fingerprint density at radius 2 is 2.05 bits per heavy atom. The average molecular weight is 513 g/mol. The number of aromatic amines is 1. The summed E-state index contributed by atoms with van der Waals surface area (Å²) < 4.78 is 5.42. The molecule has 3 aromatic rings. The van der Waals surface area contributed by atoms with Gasteiger partial charge in [-0.1, -0.05) is 48.4 Å². The first kappa shape index (κ1) is 24.0. The Bertz CT molecular complexity index is 1490. The summed E-state index contributed by atoms with van der Waals surface area (Å²) in [6.07, 6.45) is 3.31. The average Bonchev–Trinajstić information content (AvgIpc) is 3.59. The van der Waals surface area contributed by atoms with Gasteiger partial charge in [0.2, 0.25) is 5.91 Å². The lowest BCUT2D eigenvalue weighted by Gasteiger charge is -2.31. The molecule has 38 heavy (non-hydrogen) atoms. The topological polar surface area (TPSA) is 108 Å². The molecular weight excluding hydrogens is 482 g/mol. The number of ether oxygens (including phenoxy) is 1. The molecule has 6 rings (SSSR count). The third kappa shape index (κ3) is 3.79. The number of fused-ring (bicyclic) bond motifs is 3. The van der Waals surface area contributed by atoms with E-state index >= 15 is 0 Å². The second-order valence-electron chi connectivity index (χ2n) is 10.5. The van der Waals surface area contributed by atoms with Crippen LogP contribution in [0.5, 0.6) is 5.75 Å². The summed E-state index contributed by atoms with van der Waals surface area (Å²) in [7, 11) is 1.58. The third-order valence-corrected chi connectivity index (χ3v) is 8.40. The molecule has 1 spiro atoms. The summed E-state index contributed by atoms with van der Waals surface area (Å²) in [6.45, 7) is 5.93. The molecule has 3 atom stereocenters. The monoisotopic (exact) mass is 512 g/mol. The molecule has 1 saturated carbocycles. The minimum Gasteiger partial charge on any atom is -0.496 e. The van der Waals surface area contributed by atoms with Crippen LogP contribution in [0.15, 0.2) is 48.5 Å². The summed E-state index contributed by atoms with van der Waals surface area (Å²) in [4.78, 5) is 49.3. The summed E-state index contributed by atoms with van der Waals surface area (Å²) >= 11 is 0. The van der Waals surface area contributed by atoms with Crippen LogP contribution < -0.4 is 15.4 Å². The van der Waals surface area contributed by atoms with Gasteiger partial charge < -0.3 is 20.4 Å². The largest absolute Gasteiger partial charge is 0.496 e. The van der Waals surface area contributed by atoms with Crippen molar-refractivity contribution in [3.05, 3.63) is 64.6 Å². The van der Waals surface area contributed by atoms with Crippen LogP contribution in [0.2, 0.25) is 0 Å². The van der Waals surface area contributed by atoms with E-state index in [9.17, 15) is 14.4 Å². The molecular formula is C29H30N5O4+. The molecule has 1 aromatic heterocycles. The molecule has 1 saturated heterocycles. The molecule has 3 aliphatic rings. The number of benzene rings is 2. The van der Waals surface area contributed by atoms with Crippen LogP contribution in [0.3, 0.4) is 0 Å². The SMILES string of the molecule is C#[N+][C@@H]1C[C@@]2(CN1C(=O)[C@H](CC1CCC1)NC(=O)c1cc3c(OC)cccc3[nH]1)C(=O)Nc1ccccc12. The number of rotatable bonds is 6. The van der Waals surface area contributed by atoms with E-state index in [0.717, 1.165) is 41.4 Å². The number of aromatic nitrogens is 1. The van der Waals surface area contributed by atoms with Gasteiger partial charge in [-0.3, -0.25) is 19.3 Å². The molecule has 3 amide bonds. The predicted octanol–water partition coefficient (Wildman–Crippen LogP) is 3.88. The van der Waals surface area contributed by atoms with E-state index in [1.807, 2.05) is 42.5 Å². The van der Waals surface area contributed by atoms with Crippen molar-refractivity contribution in [3.8, 4) is 12.3 Å². The number of anilines is 1. The fourth-order valence-corrected chi connectivity index (χ4v) is 6.12. The molecule has 2 aliphatic heterocycles. The Balaban J connectivity index is 1.28. The Hall–Kier alpha value is -4.32. The first-order chi connectivity index (χ1) is 18.4. The van der Waals surface area contributed by atoms with E-state index in [1.54, 1.807) is 18.1 Å². The smallest absolute Gasteiger partial charge is 0.350 e. The van der Waals surface area contributed by atoms with Gasteiger partial charge in [-0.2, -0.15) is 0 Å². The highest BCUT2D eigenvalue weighted by molar-refractivity contribution is 6.07. The van der Waals surface area contributed by atoms with Crippen LogP contribution in [-0.2, 0) is 15.0 Å². The van der Waals surface area contributed by atoms with Crippen molar-refractivity contribution in [2.45, 2.75) is 49.7 Å². The summed E-state index contributed by atoms with van der Waals surface area (Å²) in [6, 6.07) is 14.0. The van der Waals surface area contributed by atoms with Gasteiger partial charge in [0.1, 0.15) is 22.9 Å². The number of likely N-dealkylation sites (tertiary alicyclic amines) is 1. The first-order valence-electron chi connectivity index (χ1n) is 13.0. The number of amides is 3. The van der Waals surface area contributed by atoms with Crippen molar-refractivity contribution < 1.29 is 19.1 Å². The number of nitrogens with one attached hydrogen (secondary N) is 3. The lowest BCUT2D eigenvalue weighted by atomic mass is 9.80. The summed E-state index contributed by atoms with van der Waals surface area (Å²) in [5, 5.41) is 6.71. The zero-order chi connectivity index (χ0) is 26.4. The molecule has 3 N–H and O–H groups in total. The summed E-state index contributed by atoms with van der Waals surface area (Å²) in [5.41, 5.74) is 1.79. The molecule has 0 unspecified atom stereocenters. The standard InChI is InChI=1S/C29H29N5O4/c1-30-25-15-29(19-9-3-4-10-21(19)33-28(29)37)16-34(25)27(36)23(13-17-7-5-8-17)32-26(35)22-14-18-20(31-22)11-6-12-24(18)38-2/h1,3-4,6,9-12,14,17,23,25H,5,7-8,13,15-16H2,2H3,(H2-,31,32,33,35,37)/p+1/t23-,25-,29-/m0/s1. The van der Waals surface area contributed by atoms with Crippen molar-refractivity contribution >= 4 is 34.3 Å². The number of H-pyrrole nitrogens is 1. The highest BCUT2D eigenvalue weighted by Crippen LogP contribution is 2.47. The van der Waals surface area contributed by atoms with Crippen molar-refractivity contribution in [2.24, 2.45) is 5.92 Å². The summed E-state index contributed by atoms with van der Waals surface area (Å²) in [5.74, 6) is 0.207. The van der Waals surface area contributed by atoms with Gasteiger partial charge in [0.05, 0.1) is 13.5 Å². The highest BCUT2D eigenvalue weighted by Gasteiger charge is 2.60.